The molecule has 0 aliphatic rings. The number of imidazole rings is 1. The Bertz CT molecular complexity index is 1420. The summed E-state index contributed by atoms with van der Waals surface area (Å²) in [6.45, 7) is -0.145. The zero-order valence-corrected chi connectivity index (χ0v) is 17.5. The van der Waals surface area contributed by atoms with E-state index in [2.05, 4.69) is 4.74 Å². The van der Waals surface area contributed by atoms with Gasteiger partial charge >= 0.3 is 17.6 Å². The third-order valence-corrected chi connectivity index (χ3v) is 5.31. The lowest BCUT2D eigenvalue weighted by Gasteiger charge is -2.08. The molecule has 4 rings (SSSR count). The number of hydrogen-bond donors (Lipinski definition) is 1. The predicted octanol–water partition coefficient (Wildman–Crippen LogP) is 4.12. The monoisotopic (exact) mass is 454 g/mol. The Labute approximate surface area is 185 Å². The van der Waals surface area contributed by atoms with E-state index in [1.807, 2.05) is 0 Å². The Hall–Kier alpha value is -3.91. The number of ether oxygens (including phenoxy) is 1. The molecule has 0 aliphatic carbocycles. The molecule has 0 aliphatic heterocycles. The number of aromatic carboxylic acids is 1. The fourth-order valence-electron chi connectivity index (χ4n) is 3.53. The maximum atomic E-state index is 14.9. The van der Waals surface area contributed by atoms with E-state index in [0.717, 1.165) is 7.11 Å². The number of nitrogens with zero attached hydrogens (tertiary/aromatic N) is 2. The second-order valence-electron chi connectivity index (χ2n) is 6.96. The van der Waals surface area contributed by atoms with Crippen molar-refractivity contribution in [2.75, 3.05) is 7.11 Å². The summed E-state index contributed by atoms with van der Waals surface area (Å²) in [5.41, 5.74) is 0.882. The molecule has 0 radical (unpaired) electrons. The van der Waals surface area contributed by atoms with Gasteiger partial charge in [-0.2, -0.15) is 0 Å². The summed E-state index contributed by atoms with van der Waals surface area (Å²) in [5.74, 6) is -2.67. The first-order valence-electron chi connectivity index (χ1n) is 9.42. The normalized spacial score (nSPS) is 11.0. The molecule has 0 amide bonds. The second-order valence-corrected chi connectivity index (χ2v) is 7.40. The van der Waals surface area contributed by atoms with Gasteiger partial charge in [-0.15, -0.1) is 0 Å². The maximum absolute atomic E-state index is 14.9. The first kappa shape index (κ1) is 21.3. The number of benzene rings is 3. The van der Waals surface area contributed by atoms with Gasteiger partial charge in [0.1, 0.15) is 5.82 Å². The number of halogens is 2. The van der Waals surface area contributed by atoms with Crippen LogP contribution in [0.2, 0.25) is 5.02 Å². The number of carbonyl (C=O) groups is 2. The van der Waals surface area contributed by atoms with Crippen molar-refractivity contribution >= 4 is 34.6 Å². The molecule has 1 heterocycles. The van der Waals surface area contributed by atoms with E-state index in [4.69, 9.17) is 16.7 Å². The molecular formula is C23H16ClFN2O5. The van der Waals surface area contributed by atoms with Crippen molar-refractivity contribution in [2.24, 2.45) is 0 Å². The van der Waals surface area contributed by atoms with E-state index in [1.165, 1.54) is 51.6 Å². The zero-order valence-electron chi connectivity index (χ0n) is 16.7. The van der Waals surface area contributed by atoms with E-state index in [1.54, 1.807) is 18.2 Å². The van der Waals surface area contributed by atoms with E-state index < -0.39 is 23.4 Å². The lowest BCUT2D eigenvalue weighted by atomic mass is 10.1. The van der Waals surface area contributed by atoms with Crippen molar-refractivity contribution < 1.29 is 23.8 Å². The Kier molecular flexibility index (Phi) is 5.54. The molecule has 0 fully saturated rings. The Morgan fingerprint density at radius 1 is 1.06 bits per heavy atom. The van der Waals surface area contributed by atoms with Crippen LogP contribution in [0.3, 0.4) is 0 Å². The molecule has 4 aromatic rings. The fourth-order valence-corrected chi connectivity index (χ4v) is 3.69. The van der Waals surface area contributed by atoms with Crippen LogP contribution in [0.15, 0.2) is 65.5 Å². The summed E-state index contributed by atoms with van der Waals surface area (Å²) >= 11 is 6.15. The van der Waals surface area contributed by atoms with Crippen LogP contribution in [-0.4, -0.2) is 33.3 Å². The van der Waals surface area contributed by atoms with Gasteiger partial charge in [-0.25, -0.2) is 18.8 Å². The third-order valence-electron chi connectivity index (χ3n) is 5.08. The minimum atomic E-state index is -1.09. The first-order valence-corrected chi connectivity index (χ1v) is 9.80. The van der Waals surface area contributed by atoms with Crippen LogP contribution in [0.1, 0.15) is 26.3 Å². The fraction of sp³-hybridized carbons (Fsp3) is 0.0870. The van der Waals surface area contributed by atoms with Gasteiger partial charge < -0.3 is 9.84 Å². The number of rotatable bonds is 5. The number of carboxylic acid groups (broad SMARTS) is 1. The van der Waals surface area contributed by atoms with Crippen molar-refractivity contribution in [3.8, 4) is 5.69 Å². The van der Waals surface area contributed by atoms with Crippen LogP contribution in [0.25, 0.3) is 16.7 Å². The molecule has 0 bridgehead atoms. The van der Waals surface area contributed by atoms with Crippen molar-refractivity contribution in [3.05, 3.63) is 98.7 Å². The van der Waals surface area contributed by atoms with Crippen molar-refractivity contribution in [1.82, 2.24) is 9.13 Å². The molecule has 1 N–H and O–H groups in total. The minimum Gasteiger partial charge on any atom is -0.478 e. The molecule has 162 valence electrons. The molecular weight excluding hydrogens is 439 g/mol. The summed E-state index contributed by atoms with van der Waals surface area (Å²) in [4.78, 5) is 36.3. The highest BCUT2D eigenvalue weighted by Gasteiger charge is 2.20. The number of hydrogen-bond acceptors (Lipinski definition) is 4. The molecule has 32 heavy (non-hydrogen) atoms. The number of aromatic nitrogens is 2. The van der Waals surface area contributed by atoms with E-state index in [9.17, 15) is 18.8 Å². The van der Waals surface area contributed by atoms with Gasteiger partial charge in [0.05, 0.1) is 41.5 Å². The molecule has 0 saturated carbocycles. The average molecular weight is 455 g/mol. The van der Waals surface area contributed by atoms with Gasteiger partial charge in [-0.05, 0) is 48.5 Å². The van der Waals surface area contributed by atoms with Gasteiger partial charge in [0.15, 0.2) is 0 Å². The van der Waals surface area contributed by atoms with Gasteiger partial charge in [0, 0.05) is 10.6 Å². The number of carboxylic acids is 1. The van der Waals surface area contributed by atoms with Crippen LogP contribution >= 0.6 is 11.6 Å². The van der Waals surface area contributed by atoms with Gasteiger partial charge in [-0.3, -0.25) is 9.13 Å². The SMILES string of the molecule is COC(=O)c1cccc(Cn2c(=O)n(-c3ccc(C(=O)O)cc3)c3cc(Cl)ccc32)c1F. The van der Waals surface area contributed by atoms with E-state index >= 15 is 0 Å². The van der Waals surface area contributed by atoms with Crippen molar-refractivity contribution in [1.29, 1.82) is 0 Å². The van der Waals surface area contributed by atoms with Crippen LogP contribution in [0.5, 0.6) is 0 Å². The highest BCUT2D eigenvalue weighted by Crippen LogP contribution is 2.24. The van der Waals surface area contributed by atoms with Crippen molar-refractivity contribution in [3.63, 3.8) is 0 Å². The number of fused-ring (bicyclic) bond motifs is 1. The molecule has 9 heteroatoms. The van der Waals surface area contributed by atoms with Gasteiger partial charge in [0.25, 0.3) is 0 Å². The molecule has 0 spiro atoms. The standard InChI is InChI=1S/C23H16ClFN2O5/c1-32-22(30)17-4-2-3-14(20(17)25)12-26-18-10-7-15(24)11-19(18)27(23(26)31)16-8-5-13(6-9-16)21(28)29/h2-11H,12H2,1H3,(H,28,29). The summed E-state index contributed by atoms with van der Waals surface area (Å²) in [5, 5.41) is 9.52. The van der Waals surface area contributed by atoms with E-state index in [-0.39, 0.29) is 23.2 Å². The van der Waals surface area contributed by atoms with Crippen LogP contribution in [0, 0.1) is 5.82 Å². The largest absolute Gasteiger partial charge is 0.478 e. The Morgan fingerprint density at radius 2 is 1.78 bits per heavy atom. The minimum absolute atomic E-state index is 0.0743. The van der Waals surface area contributed by atoms with Gasteiger partial charge in [0.2, 0.25) is 0 Å². The maximum Gasteiger partial charge on any atom is 0.340 e. The average Bonchev–Trinajstić information content (AvgIpc) is 3.05. The number of esters is 1. The third kappa shape index (κ3) is 3.65. The quantitative estimate of drug-likeness (QED) is 0.458. The van der Waals surface area contributed by atoms with E-state index in [0.29, 0.717) is 21.7 Å². The lowest BCUT2D eigenvalue weighted by Crippen LogP contribution is -2.24. The van der Waals surface area contributed by atoms with Gasteiger partial charge in [-0.1, -0.05) is 23.7 Å². The van der Waals surface area contributed by atoms with Crippen LogP contribution in [-0.2, 0) is 11.3 Å². The summed E-state index contributed by atoms with van der Waals surface area (Å²) in [6, 6.07) is 14.9. The van der Waals surface area contributed by atoms with Crippen LogP contribution < -0.4 is 5.69 Å². The predicted molar refractivity (Wildman–Crippen MR) is 116 cm³/mol. The molecule has 0 unspecified atom stereocenters. The van der Waals surface area contributed by atoms with Crippen molar-refractivity contribution in [2.45, 2.75) is 6.54 Å². The zero-order chi connectivity index (χ0) is 23.0. The summed E-state index contributed by atoms with van der Waals surface area (Å²) in [7, 11) is 1.16. The molecule has 0 saturated heterocycles. The number of methoxy groups -OCH3 is 1. The number of carbonyl (C=O) groups excluding carboxylic acids is 1. The molecule has 7 nitrogen and oxygen atoms in total. The topological polar surface area (TPSA) is 90.5 Å². The molecule has 1 aromatic heterocycles. The second kappa shape index (κ2) is 8.32. The summed E-state index contributed by atoms with van der Waals surface area (Å²) < 4.78 is 22.3. The first-order chi connectivity index (χ1) is 15.3. The molecule has 0 atom stereocenters. The lowest BCUT2D eigenvalue weighted by molar-refractivity contribution is 0.0594. The molecule has 3 aromatic carbocycles. The highest BCUT2D eigenvalue weighted by molar-refractivity contribution is 6.31. The van der Waals surface area contributed by atoms with Crippen LogP contribution in [0.4, 0.5) is 4.39 Å². The highest BCUT2D eigenvalue weighted by atomic mass is 35.5. The Morgan fingerprint density at radius 3 is 2.44 bits per heavy atom. The summed E-state index contributed by atoms with van der Waals surface area (Å²) in [6.07, 6.45) is 0. The smallest absolute Gasteiger partial charge is 0.340 e. The Balaban J connectivity index is 1.89.